The van der Waals surface area contributed by atoms with E-state index < -0.39 is 5.54 Å². The van der Waals surface area contributed by atoms with E-state index in [0.29, 0.717) is 29.7 Å². The molecule has 2 aromatic heterocycles. The van der Waals surface area contributed by atoms with Gasteiger partial charge in [-0.1, -0.05) is 25.8 Å². The zero-order valence-electron chi connectivity index (χ0n) is 21.4. The largest absolute Gasteiger partial charge is 0.496 e. The van der Waals surface area contributed by atoms with Crippen molar-refractivity contribution in [3.63, 3.8) is 0 Å². The molecule has 3 heterocycles. The van der Waals surface area contributed by atoms with Crippen LogP contribution in [-0.4, -0.2) is 52.1 Å². The van der Waals surface area contributed by atoms with Gasteiger partial charge in [0, 0.05) is 30.4 Å². The van der Waals surface area contributed by atoms with Crippen molar-refractivity contribution < 1.29 is 19.1 Å². The van der Waals surface area contributed by atoms with E-state index in [1.165, 1.54) is 6.42 Å². The van der Waals surface area contributed by atoms with Crippen LogP contribution in [0.1, 0.15) is 55.6 Å². The molecule has 2 aliphatic rings. The number of pyridine rings is 1. The van der Waals surface area contributed by atoms with Crippen molar-refractivity contribution in [3.8, 4) is 11.5 Å². The number of carbonyl (C=O) groups is 2. The van der Waals surface area contributed by atoms with Crippen LogP contribution >= 0.6 is 0 Å². The minimum absolute atomic E-state index is 0.107. The molecule has 0 radical (unpaired) electrons. The van der Waals surface area contributed by atoms with Crippen molar-refractivity contribution >= 4 is 22.7 Å². The highest BCUT2D eigenvalue weighted by Crippen LogP contribution is 2.40. The first-order valence-electron chi connectivity index (χ1n) is 12.6. The first kappa shape index (κ1) is 24.2. The molecule has 1 N–H and O–H groups in total. The van der Waals surface area contributed by atoms with Gasteiger partial charge in [0.1, 0.15) is 22.7 Å². The molecule has 1 aromatic carbocycles. The second-order valence-electron chi connectivity index (χ2n) is 10.2. The van der Waals surface area contributed by atoms with Crippen LogP contribution in [0, 0.1) is 5.92 Å². The van der Waals surface area contributed by atoms with Crippen molar-refractivity contribution in [2.24, 2.45) is 5.92 Å². The Balaban J connectivity index is 1.62. The van der Waals surface area contributed by atoms with E-state index in [-0.39, 0.29) is 24.4 Å². The molecule has 190 valence electrons. The summed E-state index contributed by atoms with van der Waals surface area (Å²) in [6, 6.07) is 9.39. The predicted molar refractivity (Wildman–Crippen MR) is 137 cm³/mol. The summed E-state index contributed by atoms with van der Waals surface area (Å²) in [4.78, 5) is 34.0. The van der Waals surface area contributed by atoms with E-state index in [2.05, 4.69) is 17.2 Å². The zero-order valence-corrected chi connectivity index (χ0v) is 21.4. The Hall–Kier alpha value is -3.55. The molecule has 5 rings (SSSR count). The fraction of sp³-hybridized carbons (Fsp3) is 0.464. The van der Waals surface area contributed by atoms with Gasteiger partial charge in [-0.2, -0.15) is 0 Å². The third-order valence-electron chi connectivity index (χ3n) is 7.93. The number of hydrogen-bond acceptors (Lipinski definition) is 5. The Bertz CT molecular complexity index is 1290. The van der Waals surface area contributed by atoms with Gasteiger partial charge in [-0.15, -0.1) is 0 Å². The Morgan fingerprint density at radius 1 is 1.17 bits per heavy atom. The lowest BCUT2D eigenvalue weighted by Gasteiger charge is -2.45. The van der Waals surface area contributed by atoms with Crippen LogP contribution in [0.15, 0.2) is 42.7 Å². The van der Waals surface area contributed by atoms with Crippen molar-refractivity contribution in [3.05, 3.63) is 54.0 Å². The molecule has 1 fully saturated rings. The number of benzene rings is 1. The second kappa shape index (κ2) is 9.48. The molecule has 36 heavy (non-hydrogen) atoms. The summed E-state index contributed by atoms with van der Waals surface area (Å²) in [6.45, 7) is 4.65. The molecule has 3 atom stereocenters. The fourth-order valence-corrected chi connectivity index (χ4v) is 5.73. The van der Waals surface area contributed by atoms with E-state index in [1.807, 2.05) is 41.8 Å². The lowest BCUT2D eigenvalue weighted by molar-refractivity contribution is -0.134. The number of fused-ring (bicyclic) bond motifs is 3. The molecular formula is C28H34N4O4. The Kier molecular flexibility index (Phi) is 6.36. The molecular weight excluding hydrogens is 456 g/mol. The van der Waals surface area contributed by atoms with Gasteiger partial charge in [-0.3, -0.25) is 14.6 Å². The lowest BCUT2D eigenvalue weighted by Crippen LogP contribution is -2.65. The predicted octanol–water partition coefficient (Wildman–Crippen LogP) is 4.16. The summed E-state index contributed by atoms with van der Waals surface area (Å²) in [5.41, 5.74) is 1.02. The summed E-state index contributed by atoms with van der Waals surface area (Å²) in [7, 11) is 3.22. The molecule has 0 unspecified atom stereocenters. The van der Waals surface area contributed by atoms with Crippen molar-refractivity contribution in [2.75, 3.05) is 14.2 Å². The van der Waals surface area contributed by atoms with Crippen LogP contribution in [0.25, 0.3) is 10.9 Å². The standard InChI is InChI=1S/C28H34N4O4/c1-18-8-5-6-10-21(18)30-27(34)28(2)17-31-22(26(33)32(28)16-19-9-7-13-29-15-19)14-20-23(35-3)11-12-24(36-4)25(20)31/h7,9,11-15,18,21H,5-6,8,10,16-17H2,1-4H3,(H,30,34)/t18-,21+,28+/m0/s1. The maximum absolute atomic E-state index is 14.1. The third kappa shape index (κ3) is 3.98. The summed E-state index contributed by atoms with van der Waals surface area (Å²) in [5, 5.41) is 4.10. The van der Waals surface area contributed by atoms with E-state index >= 15 is 0 Å². The minimum Gasteiger partial charge on any atom is -0.496 e. The molecule has 8 heteroatoms. The molecule has 3 aromatic rings. The number of carbonyl (C=O) groups excluding carboxylic acids is 2. The summed E-state index contributed by atoms with van der Waals surface area (Å²) >= 11 is 0. The van der Waals surface area contributed by atoms with Gasteiger partial charge >= 0.3 is 0 Å². The van der Waals surface area contributed by atoms with E-state index in [9.17, 15) is 9.59 Å². The first-order valence-corrected chi connectivity index (χ1v) is 12.6. The quantitative estimate of drug-likeness (QED) is 0.561. The number of aromatic nitrogens is 2. The van der Waals surface area contributed by atoms with Gasteiger partial charge in [0.15, 0.2) is 0 Å². The van der Waals surface area contributed by atoms with Crippen LogP contribution in [0.2, 0.25) is 0 Å². The van der Waals surface area contributed by atoms with Gasteiger partial charge < -0.3 is 24.3 Å². The summed E-state index contributed by atoms with van der Waals surface area (Å²) in [5.74, 6) is 1.35. The normalized spacial score (nSPS) is 23.9. The molecule has 0 saturated heterocycles. The van der Waals surface area contributed by atoms with Crippen LogP contribution in [0.3, 0.4) is 0 Å². The summed E-state index contributed by atoms with van der Waals surface area (Å²) < 4.78 is 13.2. The number of amides is 2. The number of nitrogens with one attached hydrogen (secondary N) is 1. The van der Waals surface area contributed by atoms with E-state index in [1.54, 1.807) is 31.5 Å². The topological polar surface area (TPSA) is 85.7 Å². The van der Waals surface area contributed by atoms with Crippen molar-refractivity contribution in [1.29, 1.82) is 0 Å². The highest BCUT2D eigenvalue weighted by atomic mass is 16.5. The SMILES string of the molecule is COc1ccc(OC)c2c1cc1n2C[C@](C)(C(=O)N[C@@H]2CCCC[C@@H]2C)N(Cc2cccnc2)C1=O. The Morgan fingerprint density at radius 2 is 1.92 bits per heavy atom. The smallest absolute Gasteiger partial charge is 0.271 e. The number of methoxy groups -OCH3 is 2. The Morgan fingerprint density at radius 3 is 2.61 bits per heavy atom. The maximum Gasteiger partial charge on any atom is 0.271 e. The molecule has 1 saturated carbocycles. The molecule has 1 aliphatic carbocycles. The van der Waals surface area contributed by atoms with Crippen LogP contribution in [0.5, 0.6) is 11.5 Å². The number of rotatable bonds is 6. The van der Waals surface area contributed by atoms with E-state index in [0.717, 1.165) is 35.7 Å². The molecule has 2 amide bonds. The maximum atomic E-state index is 14.1. The van der Waals surface area contributed by atoms with Gasteiger partial charge in [-0.25, -0.2) is 0 Å². The highest BCUT2D eigenvalue weighted by molar-refractivity contribution is 6.05. The fourth-order valence-electron chi connectivity index (χ4n) is 5.73. The third-order valence-corrected chi connectivity index (χ3v) is 7.93. The Labute approximate surface area is 211 Å². The van der Waals surface area contributed by atoms with Crippen LogP contribution < -0.4 is 14.8 Å². The van der Waals surface area contributed by atoms with Gasteiger partial charge in [0.05, 0.1) is 26.3 Å². The highest BCUT2D eigenvalue weighted by Gasteiger charge is 2.49. The minimum atomic E-state index is -1.11. The molecule has 0 spiro atoms. The van der Waals surface area contributed by atoms with Gasteiger partial charge in [0.25, 0.3) is 5.91 Å². The molecule has 0 bridgehead atoms. The number of nitrogens with zero attached hydrogens (tertiary/aromatic N) is 3. The van der Waals surface area contributed by atoms with E-state index in [4.69, 9.17) is 9.47 Å². The first-order chi connectivity index (χ1) is 17.4. The van der Waals surface area contributed by atoms with Crippen LogP contribution in [0.4, 0.5) is 0 Å². The monoisotopic (exact) mass is 490 g/mol. The average Bonchev–Trinajstić information content (AvgIpc) is 3.27. The number of ether oxygens (including phenoxy) is 2. The zero-order chi connectivity index (χ0) is 25.4. The van der Waals surface area contributed by atoms with Crippen molar-refractivity contribution in [2.45, 2.75) is 64.2 Å². The molecule has 8 nitrogen and oxygen atoms in total. The van der Waals surface area contributed by atoms with Crippen LogP contribution in [-0.2, 0) is 17.9 Å². The number of hydrogen-bond donors (Lipinski definition) is 1. The summed E-state index contributed by atoms with van der Waals surface area (Å²) in [6.07, 6.45) is 7.80. The average molecular weight is 491 g/mol. The van der Waals surface area contributed by atoms with Crippen molar-refractivity contribution in [1.82, 2.24) is 19.8 Å². The second-order valence-corrected chi connectivity index (χ2v) is 10.2. The lowest BCUT2D eigenvalue weighted by atomic mass is 9.85. The van der Waals surface area contributed by atoms with Gasteiger partial charge in [-0.05, 0) is 55.5 Å². The van der Waals surface area contributed by atoms with Gasteiger partial charge in [0.2, 0.25) is 5.91 Å². The molecule has 1 aliphatic heterocycles.